The molecule has 0 aliphatic carbocycles. The van der Waals surface area contributed by atoms with Gasteiger partial charge >= 0.3 is 12.0 Å². The Morgan fingerprint density at radius 3 is 2.42 bits per heavy atom. The highest BCUT2D eigenvalue weighted by molar-refractivity contribution is 6.09. The third-order valence-electron chi connectivity index (χ3n) is 3.95. The van der Waals surface area contributed by atoms with E-state index >= 15 is 0 Å². The Kier molecular flexibility index (Phi) is 4.59. The summed E-state index contributed by atoms with van der Waals surface area (Å²) >= 11 is 0. The number of amides is 4. The van der Waals surface area contributed by atoms with Gasteiger partial charge in [0, 0.05) is 0 Å². The van der Waals surface area contributed by atoms with Crippen LogP contribution in [0.1, 0.15) is 25.0 Å². The summed E-state index contributed by atoms with van der Waals surface area (Å²) < 4.78 is 0. The molecule has 2 atom stereocenters. The van der Waals surface area contributed by atoms with Crippen molar-refractivity contribution in [2.75, 3.05) is 6.54 Å². The van der Waals surface area contributed by atoms with Crippen molar-refractivity contribution in [3.05, 3.63) is 35.4 Å². The summed E-state index contributed by atoms with van der Waals surface area (Å²) in [5.74, 6) is -2.49. The summed E-state index contributed by atoms with van der Waals surface area (Å²) in [6, 6.07) is 5.32. The van der Waals surface area contributed by atoms with Crippen molar-refractivity contribution < 1.29 is 24.3 Å². The summed E-state index contributed by atoms with van der Waals surface area (Å²) in [5.41, 5.74) is 0.356. The lowest BCUT2D eigenvalue weighted by Gasteiger charge is -2.22. The van der Waals surface area contributed by atoms with Crippen LogP contribution in [0.5, 0.6) is 0 Å². The first kappa shape index (κ1) is 17.5. The minimum atomic E-state index is -1.26. The van der Waals surface area contributed by atoms with Gasteiger partial charge in [-0.25, -0.2) is 4.79 Å². The van der Waals surface area contributed by atoms with Gasteiger partial charge in [-0.05, 0) is 26.3 Å². The molecule has 1 aliphatic heterocycles. The number of imide groups is 1. The van der Waals surface area contributed by atoms with E-state index in [1.807, 2.05) is 19.1 Å². The average molecular weight is 333 g/mol. The van der Waals surface area contributed by atoms with Crippen LogP contribution in [0.25, 0.3) is 0 Å². The minimum Gasteiger partial charge on any atom is -0.480 e. The highest BCUT2D eigenvalue weighted by Gasteiger charge is 2.49. The molecule has 0 aromatic heterocycles. The van der Waals surface area contributed by atoms with Gasteiger partial charge in [0.25, 0.3) is 5.91 Å². The van der Waals surface area contributed by atoms with Crippen LogP contribution in [-0.2, 0) is 19.9 Å². The first-order valence-electron chi connectivity index (χ1n) is 7.38. The number of nitrogens with one attached hydrogen (secondary N) is 2. The Hall–Kier alpha value is -2.90. The number of aryl methyl sites for hydroxylation is 1. The number of rotatable bonds is 5. The number of aliphatic carboxylic acids is 1. The van der Waals surface area contributed by atoms with Gasteiger partial charge in [0.15, 0.2) is 0 Å². The Labute approximate surface area is 138 Å². The van der Waals surface area contributed by atoms with Crippen LogP contribution in [0, 0.1) is 6.92 Å². The highest BCUT2D eigenvalue weighted by Crippen LogP contribution is 2.28. The molecule has 1 aromatic carbocycles. The lowest BCUT2D eigenvalue weighted by Crippen LogP contribution is -2.46. The number of carbonyl (C=O) groups excluding carboxylic acids is 3. The van der Waals surface area contributed by atoms with Crippen molar-refractivity contribution in [3.63, 3.8) is 0 Å². The van der Waals surface area contributed by atoms with E-state index in [9.17, 15) is 19.2 Å². The number of urea groups is 1. The zero-order valence-corrected chi connectivity index (χ0v) is 13.6. The molecule has 8 heteroatoms. The van der Waals surface area contributed by atoms with E-state index in [0.717, 1.165) is 10.5 Å². The maximum absolute atomic E-state index is 12.6. The quantitative estimate of drug-likeness (QED) is 0.673. The second-order valence-corrected chi connectivity index (χ2v) is 5.94. The molecule has 0 bridgehead atoms. The number of carboxylic acid groups (broad SMARTS) is 1. The van der Waals surface area contributed by atoms with Crippen LogP contribution in [-0.4, -0.2) is 46.4 Å². The molecule has 0 spiro atoms. The maximum Gasteiger partial charge on any atom is 0.325 e. The van der Waals surface area contributed by atoms with Crippen molar-refractivity contribution in [2.24, 2.45) is 0 Å². The van der Waals surface area contributed by atoms with Crippen LogP contribution in [0.15, 0.2) is 24.3 Å². The van der Waals surface area contributed by atoms with Crippen molar-refractivity contribution in [1.82, 2.24) is 15.5 Å². The standard InChI is InChI=1S/C16H19N3O5/c1-9-4-6-11(7-5-9)16(3)14(23)19(15(24)18-16)8-12(20)17-10(2)13(21)22/h4-7,10H,8H2,1-3H3,(H,17,20)(H,18,24)(H,21,22)/t10-,16?/m0/s1. The zero-order valence-electron chi connectivity index (χ0n) is 13.6. The van der Waals surface area contributed by atoms with Crippen LogP contribution in [0.4, 0.5) is 4.79 Å². The van der Waals surface area contributed by atoms with Gasteiger partial charge in [-0.15, -0.1) is 0 Å². The smallest absolute Gasteiger partial charge is 0.325 e. The molecule has 8 nitrogen and oxygen atoms in total. The Morgan fingerprint density at radius 2 is 1.88 bits per heavy atom. The van der Waals surface area contributed by atoms with Crippen LogP contribution in [0.2, 0.25) is 0 Å². The molecule has 0 radical (unpaired) electrons. The predicted octanol–water partition coefficient (Wildman–Crippen LogP) is 0.351. The van der Waals surface area contributed by atoms with E-state index in [2.05, 4.69) is 10.6 Å². The predicted molar refractivity (Wildman–Crippen MR) is 84.0 cm³/mol. The van der Waals surface area contributed by atoms with Gasteiger partial charge in [-0.2, -0.15) is 0 Å². The number of hydrogen-bond acceptors (Lipinski definition) is 4. The molecule has 1 aliphatic rings. The number of hydrogen-bond donors (Lipinski definition) is 3. The first-order chi connectivity index (χ1) is 11.1. The molecule has 1 heterocycles. The van der Waals surface area contributed by atoms with Crippen molar-refractivity contribution in [3.8, 4) is 0 Å². The lowest BCUT2D eigenvalue weighted by molar-refractivity contribution is -0.141. The van der Waals surface area contributed by atoms with Crippen molar-refractivity contribution in [2.45, 2.75) is 32.4 Å². The Morgan fingerprint density at radius 1 is 1.29 bits per heavy atom. The van der Waals surface area contributed by atoms with E-state index < -0.39 is 41.9 Å². The number of nitrogens with zero attached hydrogens (tertiary/aromatic N) is 1. The van der Waals surface area contributed by atoms with E-state index in [0.29, 0.717) is 5.56 Å². The van der Waals surface area contributed by atoms with Gasteiger partial charge in [0.2, 0.25) is 5.91 Å². The van der Waals surface area contributed by atoms with E-state index in [-0.39, 0.29) is 0 Å². The fraction of sp³-hybridized carbons (Fsp3) is 0.375. The van der Waals surface area contributed by atoms with Crippen LogP contribution < -0.4 is 10.6 Å². The Balaban J connectivity index is 2.15. The molecule has 0 saturated carbocycles. The first-order valence-corrected chi connectivity index (χ1v) is 7.38. The molecule has 4 amide bonds. The van der Waals surface area contributed by atoms with Crippen molar-refractivity contribution >= 4 is 23.8 Å². The summed E-state index contributed by atoms with van der Waals surface area (Å²) in [7, 11) is 0. The average Bonchev–Trinajstić information content (AvgIpc) is 2.72. The summed E-state index contributed by atoms with van der Waals surface area (Å²) in [4.78, 5) is 48.1. The summed E-state index contributed by atoms with van der Waals surface area (Å²) in [6.45, 7) is 4.23. The minimum absolute atomic E-state index is 0.538. The number of carboxylic acids is 1. The second-order valence-electron chi connectivity index (χ2n) is 5.94. The third kappa shape index (κ3) is 3.22. The van der Waals surface area contributed by atoms with Gasteiger partial charge in [0.1, 0.15) is 18.1 Å². The molecule has 1 fully saturated rings. The van der Waals surface area contributed by atoms with E-state index in [1.165, 1.54) is 6.92 Å². The molecule has 1 saturated heterocycles. The van der Waals surface area contributed by atoms with Crippen LogP contribution >= 0.6 is 0 Å². The molecule has 1 unspecified atom stereocenters. The molecule has 2 rings (SSSR count). The normalized spacial score (nSPS) is 21.4. The molecule has 24 heavy (non-hydrogen) atoms. The third-order valence-corrected chi connectivity index (χ3v) is 3.95. The van der Waals surface area contributed by atoms with Gasteiger partial charge in [-0.3, -0.25) is 19.3 Å². The lowest BCUT2D eigenvalue weighted by atomic mass is 9.91. The molecule has 3 N–H and O–H groups in total. The van der Waals surface area contributed by atoms with Gasteiger partial charge < -0.3 is 15.7 Å². The summed E-state index contributed by atoms with van der Waals surface area (Å²) in [5, 5.41) is 13.6. The fourth-order valence-corrected chi connectivity index (χ4v) is 2.42. The maximum atomic E-state index is 12.6. The van der Waals surface area contributed by atoms with Crippen molar-refractivity contribution in [1.29, 1.82) is 0 Å². The van der Waals surface area contributed by atoms with E-state index in [1.54, 1.807) is 19.1 Å². The molecular weight excluding hydrogens is 314 g/mol. The number of benzene rings is 1. The molecule has 1 aromatic rings. The summed E-state index contributed by atoms with van der Waals surface area (Å²) in [6.07, 6.45) is 0. The zero-order chi connectivity index (χ0) is 18.1. The van der Waals surface area contributed by atoms with E-state index in [4.69, 9.17) is 5.11 Å². The highest BCUT2D eigenvalue weighted by atomic mass is 16.4. The number of carbonyl (C=O) groups is 4. The topological polar surface area (TPSA) is 116 Å². The monoisotopic (exact) mass is 333 g/mol. The fourth-order valence-electron chi connectivity index (χ4n) is 2.42. The largest absolute Gasteiger partial charge is 0.480 e. The second kappa shape index (κ2) is 6.31. The Bertz CT molecular complexity index is 700. The van der Waals surface area contributed by atoms with Gasteiger partial charge in [0.05, 0.1) is 0 Å². The SMILES string of the molecule is Cc1ccc(C2(C)NC(=O)N(CC(=O)N[C@@H](C)C(=O)O)C2=O)cc1. The molecular formula is C16H19N3O5. The molecule has 128 valence electrons. The van der Waals surface area contributed by atoms with Gasteiger partial charge in [-0.1, -0.05) is 29.8 Å². The van der Waals surface area contributed by atoms with Crippen LogP contribution in [0.3, 0.4) is 0 Å².